The van der Waals surface area contributed by atoms with Crippen LogP contribution in [-0.2, 0) is 4.74 Å². The van der Waals surface area contributed by atoms with Crippen molar-refractivity contribution < 1.29 is 14.6 Å². The van der Waals surface area contributed by atoms with Crippen molar-refractivity contribution in [3.63, 3.8) is 0 Å². The summed E-state index contributed by atoms with van der Waals surface area (Å²) in [5.41, 5.74) is 7.48. The predicted molar refractivity (Wildman–Crippen MR) is 134 cm³/mol. The Morgan fingerprint density at radius 1 is 1.26 bits per heavy atom. The summed E-state index contributed by atoms with van der Waals surface area (Å²) in [5.74, 6) is 0.143. The molecule has 8 heteroatoms. The van der Waals surface area contributed by atoms with Gasteiger partial charge in [0.15, 0.2) is 6.29 Å². The highest BCUT2D eigenvalue weighted by Gasteiger charge is 2.16. The first-order valence-corrected chi connectivity index (χ1v) is 11.7. The van der Waals surface area contributed by atoms with E-state index >= 15 is 0 Å². The van der Waals surface area contributed by atoms with Crippen LogP contribution in [0.1, 0.15) is 62.5 Å². The highest BCUT2D eigenvalue weighted by molar-refractivity contribution is 7.20. The van der Waals surface area contributed by atoms with Gasteiger partial charge in [0.05, 0.1) is 21.9 Å². The molecule has 0 saturated carbocycles. The number of aryl methyl sites for hydroxylation is 2. The summed E-state index contributed by atoms with van der Waals surface area (Å²) in [4.78, 5) is 18.5. The van der Waals surface area contributed by atoms with Crippen LogP contribution in [0.5, 0.6) is 5.75 Å². The molecular formula is C23H42N4O3S. The molecule has 0 amide bonds. The minimum absolute atomic E-state index is 0.0417. The second-order valence-electron chi connectivity index (χ2n) is 7.85. The van der Waals surface area contributed by atoms with Crippen molar-refractivity contribution in [2.45, 2.75) is 61.0 Å². The predicted octanol–water partition coefficient (Wildman–Crippen LogP) is 4.38. The van der Waals surface area contributed by atoms with Crippen molar-refractivity contribution in [2.75, 3.05) is 45.6 Å². The number of hydrogen-bond acceptors (Lipinski definition) is 8. The number of pyridine rings is 1. The number of nitrogens with one attached hydrogen (secondary N) is 1. The van der Waals surface area contributed by atoms with Gasteiger partial charge in [0.2, 0.25) is 0 Å². The average Bonchev–Trinajstić information content (AvgIpc) is 3.09. The molecule has 178 valence electrons. The minimum atomic E-state index is 0.0417. The Morgan fingerprint density at radius 3 is 2.16 bits per heavy atom. The van der Waals surface area contributed by atoms with Crippen molar-refractivity contribution >= 4 is 33.5 Å². The Bertz CT molecular complexity index is 794. The molecule has 0 bridgehead atoms. The SMILES string of the molecule is CC.CCN1CCNCC1.COC(C)(C)C.Cc1nc2sc(C=O)c(N)c2c(C)c1O. The van der Waals surface area contributed by atoms with Crippen LogP contribution in [-0.4, -0.2) is 66.7 Å². The Kier molecular flexibility index (Phi) is 13.5. The molecule has 0 aliphatic carbocycles. The smallest absolute Gasteiger partial charge is 0.162 e. The maximum Gasteiger partial charge on any atom is 0.162 e. The average molecular weight is 455 g/mol. The first-order chi connectivity index (χ1) is 14.6. The molecule has 0 spiro atoms. The highest BCUT2D eigenvalue weighted by atomic mass is 32.1. The number of anilines is 1. The topological polar surface area (TPSA) is 101 Å². The van der Waals surface area contributed by atoms with Crippen LogP contribution in [0.2, 0.25) is 0 Å². The molecule has 1 aliphatic rings. The van der Waals surface area contributed by atoms with Crippen LogP contribution in [0.3, 0.4) is 0 Å². The largest absolute Gasteiger partial charge is 0.506 e. The molecular weight excluding hydrogens is 412 g/mol. The summed E-state index contributed by atoms with van der Waals surface area (Å²) in [7, 11) is 1.71. The summed E-state index contributed by atoms with van der Waals surface area (Å²) in [5, 5.41) is 13.7. The van der Waals surface area contributed by atoms with E-state index in [9.17, 15) is 9.90 Å². The number of nitrogen functional groups attached to an aromatic ring is 1. The molecule has 2 aromatic heterocycles. The number of thiophene rings is 1. The molecule has 1 saturated heterocycles. The molecule has 0 aromatic carbocycles. The number of piperazine rings is 1. The number of aldehydes is 1. The third-order valence-electron chi connectivity index (χ3n) is 4.67. The van der Waals surface area contributed by atoms with Crippen LogP contribution in [0, 0.1) is 13.8 Å². The van der Waals surface area contributed by atoms with Crippen molar-refractivity contribution in [1.29, 1.82) is 0 Å². The minimum Gasteiger partial charge on any atom is -0.506 e. The first-order valence-electron chi connectivity index (χ1n) is 10.9. The fourth-order valence-corrected chi connectivity index (χ4v) is 3.62. The second-order valence-corrected chi connectivity index (χ2v) is 8.88. The second kappa shape index (κ2) is 14.3. The highest BCUT2D eigenvalue weighted by Crippen LogP contribution is 2.37. The van der Waals surface area contributed by atoms with Gasteiger partial charge < -0.3 is 25.8 Å². The molecule has 4 N–H and O–H groups in total. The van der Waals surface area contributed by atoms with Gasteiger partial charge in [0, 0.05) is 44.2 Å². The van der Waals surface area contributed by atoms with E-state index in [0.717, 1.165) is 0 Å². The summed E-state index contributed by atoms with van der Waals surface area (Å²) in [6, 6.07) is 0. The summed E-state index contributed by atoms with van der Waals surface area (Å²) >= 11 is 1.25. The number of carbonyl (C=O) groups is 1. The molecule has 0 atom stereocenters. The fraction of sp³-hybridized carbons (Fsp3) is 0.652. The van der Waals surface area contributed by atoms with E-state index in [1.54, 1.807) is 21.0 Å². The van der Waals surface area contributed by atoms with Crippen LogP contribution in [0.4, 0.5) is 5.69 Å². The van der Waals surface area contributed by atoms with Gasteiger partial charge in [-0.05, 0) is 41.2 Å². The van der Waals surface area contributed by atoms with Crippen molar-refractivity contribution in [3.8, 4) is 5.75 Å². The molecule has 31 heavy (non-hydrogen) atoms. The van der Waals surface area contributed by atoms with E-state index in [1.807, 2.05) is 34.6 Å². The van der Waals surface area contributed by atoms with Crippen molar-refractivity contribution in [3.05, 3.63) is 16.1 Å². The molecule has 2 aromatic rings. The Morgan fingerprint density at radius 2 is 1.77 bits per heavy atom. The lowest BCUT2D eigenvalue weighted by atomic mass is 10.1. The van der Waals surface area contributed by atoms with E-state index in [0.29, 0.717) is 38.3 Å². The van der Waals surface area contributed by atoms with Crippen LogP contribution in [0.25, 0.3) is 10.2 Å². The molecule has 1 aliphatic heterocycles. The van der Waals surface area contributed by atoms with Crippen LogP contribution in [0.15, 0.2) is 0 Å². The number of nitrogens with zero attached hydrogens (tertiary/aromatic N) is 2. The van der Waals surface area contributed by atoms with E-state index < -0.39 is 0 Å². The lowest BCUT2D eigenvalue weighted by Gasteiger charge is -2.25. The Balaban J connectivity index is 0.000000475. The number of carbonyl (C=O) groups excluding carboxylic acids is 1. The molecule has 0 unspecified atom stereocenters. The number of rotatable bonds is 2. The number of likely N-dealkylation sites (N-methyl/N-ethyl adjacent to an activating group) is 1. The monoisotopic (exact) mass is 454 g/mol. The third-order valence-corrected chi connectivity index (χ3v) is 5.70. The quantitative estimate of drug-likeness (QED) is 0.579. The first kappa shape index (κ1) is 29.3. The third kappa shape index (κ3) is 9.51. The number of hydrogen-bond donors (Lipinski definition) is 3. The zero-order valence-electron chi connectivity index (χ0n) is 20.8. The number of ether oxygens (including phenoxy) is 1. The molecule has 0 radical (unpaired) electrons. The normalized spacial score (nSPS) is 13.8. The zero-order chi connectivity index (χ0) is 24.2. The van der Waals surface area contributed by atoms with Crippen molar-refractivity contribution in [2.24, 2.45) is 0 Å². The standard InChI is InChI=1S/C10H10N2O2S.C6H14N2.C5H12O.C2H6/c1-4-7-8(11)6(3-13)15-10(7)12-5(2)9(4)14;1-2-8-5-3-7-4-6-8;1-5(2,3)6-4;1-2/h3,14H,11H2,1-2H3;7H,2-6H2,1H3;1-4H3;1-2H3. The van der Waals surface area contributed by atoms with E-state index in [4.69, 9.17) is 10.5 Å². The maximum absolute atomic E-state index is 10.7. The van der Waals surface area contributed by atoms with E-state index in [-0.39, 0.29) is 11.4 Å². The number of fused-ring (bicyclic) bond motifs is 1. The van der Waals surface area contributed by atoms with Gasteiger partial charge in [0.1, 0.15) is 10.6 Å². The van der Waals surface area contributed by atoms with Gasteiger partial charge in [-0.3, -0.25) is 4.79 Å². The lowest BCUT2D eigenvalue weighted by Crippen LogP contribution is -2.43. The summed E-state index contributed by atoms with van der Waals surface area (Å²) in [6.45, 7) is 21.8. The lowest BCUT2D eigenvalue weighted by molar-refractivity contribution is 0.0397. The maximum atomic E-state index is 10.7. The summed E-state index contributed by atoms with van der Waals surface area (Å²) in [6.07, 6.45) is 0.716. The Labute approximate surface area is 192 Å². The number of aromatic nitrogens is 1. The molecule has 7 nitrogen and oxygen atoms in total. The number of nitrogens with two attached hydrogens (primary N) is 1. The molecule has 1 fully saturated rings. The van der Waals surface area contributed by atoms with E-state index in [2.05, 4.69) is 22.1 Å². The van der Waals surface area contributed by atoms with Gasteiger partial charge in [0.25, 0.3) is 0 Å². The van der Waals surface area contributed by atoms with Crippen LogP contribution >= 0.6 is 11.3 Å². The van der Waals surface area contributed by atoms with Gasteiger partial charge in [-0.1, -0.05) is 20.8 Å². The Hall–Kier alpha value is -1.74. The molecule has 3 rings (SSSR count). The van der Waals surface area contributed by atoms with Crippen molar-refractivity contribution in [1.82, 2.24) is 15.2 Å². The number of methoxy groups -OCH3 is 1. The zero-order valence-corrected chi connectivity index (χ0v) is 21.6. The van der Waals surface area contributed by atoms with Gasteiger partial charge >= 0.3 is 0 Å². The molecule has 3 heterocycles. The summed E-state index contributed by atoms with van der Waals surface area (Å²) < 4.78 is 4.94. The van der Waals surface area contributed by atoms with E-state index in [1.165, 1.54) is 44.1 Å². The fourth-order valence-electron chi connectivity index (χ4n) is 2.60. The van der Waals surface area contributed by atoms with Crippen LogP contribution < -0.4 is 11.1 Å². The number of aromatic hydroxyl groups is 1. The van der Waals surface area contributed by atoms with Gasteiger partial charge in [-0.25, -0.2) is 4.98 Å². The van der Waals surface area contributed by atoms with Gasteiger partial charge in [-0.15, -0.1) is 11.3 Å². The van der Waals surface area contributed by atoms with Gasteiger partial charge in [-0.2, -0.15) is 0 Å².